The molecule has 0 unspecified atom stereocenters. The van der Waals surface area contributed by atoms with Crippen LogP contribution in [0.5, 0.6) is 0 Å². The van der Waals surface area contributed by atoms with Gasteiger partial charge in [-0.1, -0.05) is 68.0 Å². The summed E-state index contributed by atoms with van der Waals surface area (Å²) in [6.07, 6.45) is 6.51. The second-order valence-electron chi connectivity index (χ2n) is 7.75. The van der Waals surface area contributed by atoms with E-state index in [1.54, 1.807) is 4.31 Å². The number of sulfonamides is 1. The third-order valence-corrected chi connectivity index (χ3v) is 6.94. The molecule has 1 heterocycles. The topological polar surface area (TPSA) is 40.6 Å². The summed E-state index contributed by atoms with van der Waals surface area (Å²) >= 11 is 0. The number of benzene rings is 2. The molecule has 0 aromatic heterocycles. The Labute approximate surface area is 187 Å². The van der Waals surface area contributed by atoms with Gasteiger partial charge in [0.1, 0.15) is 0 Å². The molecule has 2 aromatic rings. The molecule has 0 saturated carbocycles. The van der Waals surface area contributed by atoms with Crippen molar-refractivity contribution in [3.05, 3.63) is 77.2 Å². The molecule has 0 amide bonds. The Balaban J connectivity index is 1.53. The van der Waals surface area contributed by atoms with Gasteiger partial charge in [0.25, 0.3) is 0 Å². The molecule has 4 nitrogen and oxygen atoms in total. The maximum atomic E-state index is 12.6. The monoisotopic (exact) mass is 435 g/mol. The summed E-state index contributed by atoms with van der Waals surface area (Å²) in [6, 6.07) is 19.8. The Kier molecular flexibility index (Phi) is 8.75. The smallest absolute Gasteiger partial charge is 0.236 e. The first-order valence-electron chi connectivity index (χ1n) is 11.0. The molecule has 1 radical (unpaired) electrons. The lowest BCUT2D eigenvalue weighted by Crippen LogP contribution is -2.48. The van der Waals surface area contributed by atoms with Crippen molar-refractivity contribution >= 4 is 15.7 Å². The minimum absolute atomic E-state index is 0.475. The van der Waals surface area contributed by atoms with Crippen LogP contribution in [0.1, 0.15) is 43.7 Å². The minimum Gasteiger partial charge on any atom is -0.369 e. The number of hydrogen-bond donors (Lipinski definition) is 0. The van der Waals surface area contributed by atoms with E-state index in [2.05, 4.69) is 47.9 Å². The molecule has 3 rings (SSSR count). The maximum absolute atomic E-state index is 12.6. The molecule has 1 fully saturated rings. The first-order valence-corrected chi connectivity index (χ1v) is 12.5. The van der Waals surface area contributed by atoms with Crippen LogP contribution in [0.4, 0.5) is 5.69 Å². The highest BCUT2D eigenvalue weighted by Gasteiger charge is 2.25. The number of piperazine rings is 1. The van der Waals surface area contributed by atoms with E-state index in [0.29, 0.717) is 26.2 Å². The first-order chi connectivity index (χ1) is 15.1. The third kappa shape index (κ3) is 7.27. The van der Waals surface area contributed by atoms with Gasteiger partial charge >= 0.3 is 0 Å². The van der Waals surface area contributed by atoms with Crippen molar-refractivity contribution in [1.82, 2.24) is 4.31 Å². The lowest BCUT2D eigenvalue weighted by Gasteiger charge is -2.35. The molecule has 5 heteroatoms. The number of rotatable bonds is 8. The Morgan fingerprint density at radius 1 is 1.06 bits per heavy atom. The minimum atomic E-state index is -3.42. The molecular formula is C26H31N2O2S. The largest absolute Gasteiger partial charge is 0.369 e. The van der Waals surface area contributed by atoms with Gasteiger partial charge in [-0.05, 0) is 42.2 Å². The van der Waals surface area contributed by atoms with Gasteiger partial charge in [-0.2, -0.15) is 4.31 Å². The first kappa shape index (κ1) is 23.1. The highest BCUT2D eigenvalue weighted by Crippen LogP contribution is 2.21. The number of anilines is 1. The zero-order chi connectivity index (χ0) is 21.9. The average Bonchev–Trinajstić information content (AvgIpc) is 2.79. The van der Waals surface area contributed by atoms with Gasteiger partial charge in [0.15, 0.2) is 0 Å². The van der Waals surface area contributed by atoms with E-state index in [4.69, 9.17) is 0 Å². The molecule has 0 aliphatic carbocycles. The standard InChI is InChI=1S/C26H31N2O2S/c1-2-3-4-5-6-7-11-21-31(29,30)28-19-17-27(18-20-28)26-16-12-15-25(23-26)22-24-13-9-8-10-14-24/h8-14,16,21,23H,2-5,17-20,22H2,1H3/b21-11-. The second-order valence-corrected chi connectivity index (χ2v) is 9.57. The summed E-state index contributed by atoms with van der Waals surface area (Å²) < 4.78 is 26.7. The van der Waals surface area contributed by atoms with Crippen molar-refractivity contribution in [2.45, 2.75) is 39.0 Å². The fraction of sp³-hybridized carbons (Fsp3) is 0.385. The molecule has 0 N–H and O–H groups in total. The molecule has 0 bridgehead atoms. The summed E-state index contributed by atoms with van der Waals surface area (Å²) in [7, 11) is -3.42. The fourth-order valence-electron chi connectivity index (χ4n) is 3.62. The summed E-state index contributed by atoms with van der Waals surface area (Å²) in [5, 5.41) is 1.24. The lowest BCUT2D eigenvalue weighted by molar-refractivity contribution is 0.390. The van der Waals surface area contributed by atoms with Gasteiger partial charge in [-0.15, -0.1) is 0 Å². The van der Waals surface area contributed by atoms with Gasteiger partial charge in [0.05, 0.1) is 5.41 Å². The van der Waals surface area contributed by atoms with Crippen molar-refractivity contribution in [3.8, 4) is 11.8 Å². The van der Waals surface area contributed by atoms with E-state index in [9.17, 15) is 8.42 Å². The van der Waals surface area contributed by atoms with Gasteiger partial charge in [-0.3, -0.25) is 0 Å². The van der Waals surface area contributed by atoms with Crippen LogP contribution < -0.4 is 4.90 Å². The van der Waals surface area contributed by atoms with Crippen LogP contribution in [0, 0.1) is 17.9 Å². The molecule has 163 valence electrons. The predicted molar refractivity (Wildman–Crippen MR) is 128 cm³/mol. The molecular weight excluding hydrogens is 404 g/mol. The third-order valence-electron chi connectivity index (χ3n) is 5.38. The van der Waals surface area contributed by atoms with Crippen molar-refractivity contribution in [1.29, 1.82) is 0 Å². The van der Waals surface area contributed by atoms with Gasteiger partial charge in [0, 0.05) is 44.4 Å². The summed E-state index contributed by atoms with van der Waals surface area (Å²) in [5.41, 5.74) is 3.52. The quantitative estimate of drug-likeness (QED) is 0.448. The number of hydrogen-bond acceptors (Lipinski definition) is 3. The molecule has 1 aliphatic heterocycles. The van der Waals surface area contributed by atoms with Crippen LogP contribution in [0.25, 0.3) is 0 Å². The van der Waals surface area contributed by atoms with E-state index in [1.165, 1.54) is 17.0 Å². The Hall–Kier alpha value is -2.55. The normalized spacial score (nSPS) is 15.1. The van der Waals surface area contributed by atoms with Gasteiger partial charge in [-0.25, -0.2) is 8.42 Å². The molecule has 2 aromatic carbocycles. The van der Waals surface area contributed by atoms with Crippen molar-refractivity contribution in [2.75, 3.05) is 31.1 Å². The van der Waals surface area contributed by atoms with Crippen LogP contribution in [0.3, 0.4) is 0 Å². The van der Waals surface area contributed by atoms with Crippen molar-refractivity contribution in [2.24, 2.45) is 0 Å². The number of allylic oxidation sites excluding steroid dienone is 1. The van der Waals surface area contributed by atoms with Crippen LogP contribution in [-0.2, 0) is 16.4 Å². The Morgan fingerprint density at radius 2 is 1.84 bits per heavy atom. The van der Waals surface area contributed by atoms with Crippen molar-refractivity contribution < 1.29 is 8.42 Å². The molecule has 31 heavy (non-hydrogen) atoms. The number of nitrogens with zero attached hydrogens (tertiary/aromatic N) is 2. The van der Waals surface area contributed by atoms with Crippen LogP contribution in [-0.4, -0.2) is 38.9 Å². The summed E-state index contributed by atoms with van der Waals surface area (Å²) in [6.45, 7) is 4.45. The van der Waals surface area contributed by atoms with Crippen molar-refractivity contribution in [3.63, 3.8) is 0 Å². The Morgan fingerprint density at radius 3 is 2.58 bits per heavy atom. The zero-order valence-corrected chi connectivity index (χ0v) is 19.1. The van der Waals surface area contributed by atoms with E-state index in [1.807, 2.05) is 30.3 Å². The van der Waals surface area contributed by atoms with E-state index >= 15 is 0 Å². The summed E-state index contributed by atoms with van der Waals surface area (Å²) in [5.74, 6) is 5.87. The average molecular weight is 436 g/mol. The zero-order valence-electron chi connectivity index (χ0n) is 18.3. The maximum Gasteiger partial charge on any atom is 0.236 e. The van der Waals surface area contributed by atoms with E-state index < -0.39 is 10.0 Å². The van der Waals surface area contributed by atoms with E-state index in [0.717, 1.165) is 43.4 Å². The highest BCUT2D eigenvalue weighted by atomic mass is 32.2. The SMILES string of the molecule is CCCCCC#C/C=C\S(=O)(=O)N1CCN(c2cc[c]c(Cc3ccccc3)c2)CC1. The lowest BCUT2D eigenvalue weighted by atomic mass is 10.0. The molecule has 0 spiro atoms. The summed E-state index contributed by atoms with van der Waals surface area (Å²) in [4.78, 5) is 2.24. The fourth-order valence-corrected chi connectivity index (χ4v) is 4.70. The molecule has 0 atom stereocenters. The van der Waals surface area contributed by atoms with Crippen LogP contribution in [0.15, 0.2) is 60.0 Å². The number of unbranched alkanes of at least 4 members (excludes halogenated alkanes) is 3. The van der Waals surface area contributed by atoms with E-state index in [-0.39, 0.29) is 0 Å². The van der Waals surface area contributed by atoms with Gasteiger partial charge in [0.2, 0.25) is 10.0 Å². The molecule has 1 saturated heterocycles. The van der Waals surface area contributed by atoms with Crippen LogP contribution >= 0.6 is 0 Å². The second kappa shape index (κ2) is 11.7. The van der Waals surface area contributed by atoms with Gasteiger partial charge < -0.3 is 4.90 Å². The molecule has 1 aliphatic rings. The predicted octanol–water partition coefficient (Wildman–Crippen LogP) is 4.63. The Bertz CT molecular complexity index is 1010. The highest BCUT2D eigenvalue weighted by molar-refractivity contribution is 7.92. The van der Waals surface area contributed by atoms with Crippen LogP contribution in [0.2, 0.25) is 0 Å².